The van der Waals surface area contributed by atoms with E-state index in [0.717, 1.165) is 5.69 Å². The molecule has 0 atom stereocenters. The van der Waals surface area contributed by atoms with Gasteiger partial charge in [0, 0.05) is 17.9 Å². The van der Waals surface area contributed by atoms with Crippen LogP contribution < -0.4 is 10.2 Å². The molecule has 0 saturated carbocycles. The number of aromatic nitrogens is 1. The van der Waals surface area contributed by atoms with E-state index in [2.05, 4.69) is 10.3 Å². The number of benzene rings is 2. The van der Waals surface area contributed by atoms with E-state index in [-0.39, 0.29) is 23.1 Å². The molecular weight excluding hydrogens is 345 g/mol. The molecule has 1 heterocycles. The first-order chi connectivity index (χ1) is 13.1. The summed E-state index contributed by atoms with van der Waals surface area (Å²) >= 11 is 0. The van der Waals surface area contributed by atoms with E-state index < -0.39 is 5.91 Å². The molecule has 136 valence electrons. The van der Waals surface area contributed by atoms with Gasteiger partial charge in [0.05, 0.1) is 0 Å². The van der Waals surface area contributed by atoms with Crippen LogP contribution in [0.4, 0.5) is 15.8 Å². The van der Waals surface area contributed by atoms with Gasteiger partial charge in [-0.05, 0) is 55.5 Å². The number of hydrogen-bond acceptors (Lipinski definition) is 3. The van der Waals surface area contributed by atoms with Crippen LogP contribution in [0.15, 0.2) is 72.8 Å². The number of carbonyl (C=O) groups is 2. The van der Waals surface area contributed by atoms with E-state index in [1.54, 1.807) is 17.0 Å². The third kappa shape index (κ3) is 4.36. The van der Waals surface area contributed by atoms with Crippen molar-refractivity contribution in [2.24, 2.45) is 0 Å². The fourth-order valence-corrected chi connectivity index (χ4v) is 2.60. The van der Waals surface area contributed by atoms with Gasteiger partial charge in [0.2, 0.25) is 0 Å². The summed E-state index contributed by atoms with van der Waals surface area (Å²) < 4.78 is 13.0. The molecule has 2 aromatic carbocycles. The fraction of sp³-hybridized carbons (Fsp3) is 0.0952. The molecule has 0 aliphatic heterocycles. The Bertz CT molecular complexity index is 943. The van der Waals surface area contributed by atoms with Crippen molar-refractivity contribution >= 4 is 23.2 Å². The molecule has 0 unspecified atom stereocenters. The first-order valence-corrected chi connectivity index (χ1v) is 8.49. The molecule has 5 nitrogen and oxygen atoms in total. The molecular formula is C21H18FN3O2. The largest absolute Gasteiger partial charge is 0.321 e. The van der Waals surface area contributed by atoms with Crippen molar-refractivity contribution in [2.45, 2.75) is 6.92 Å². The Morgan fingerprint density at radius 2 is 1.59 bits per heavy atom. The van der Waals surface area contributed by atoms with Gasteiger partial charge < -0.3 is 10.2 Å². The number of halogens is 1. The SMILES string of the molecule is CCN(C(=O)c1cccc(C(=O)Nc2ccc(F)cc2)n1)c1ccccc1. The minimum absolute atomic E-state index is 0.106. The number of carbonyl (C=O) groups excluding carboxylic acids is 2. The van der Waals surface area contributed by atoms with E-state index in [1.165, 1.54) is 30.3 Å². The normalized spacial score (nSPS) is 10.3. The number of para-hydroxylation sites is 1. The Balaban J connectivity index is 1.81. The van der Waals surface area contributed by atoms with Crippen molar-refractivity contribution < 1.29 is 14.0 Å². The summed E-state index contributed by atoms with van der Waals surface area (Å²) in [6.45, 7) is 2.34. The number of rotatable bonds is 5. The zero-order chi connectivity index (χ0) is 19.2. The minimum Gasteiger partial charge on any atom is -0.321 e. The predicted molar refractivity (Wildman–Crippen MR) is 102 cm³/mol. The second kappa shape index (κ2) is 8.23. The van der Waals surface area contributed by atoms with Gasteiger partial charge in [0.1, 0.15) is 17.2 Å². The van der Waals surface area contributed by atoms with E-state index in [1.807, 2.05) is 37.3 Å². The molecule has 1 N–H and O–H groups in total. The highest BCUT2D eigenvalue weighted by atomic mass is 19.1. The highest BCUT2D eigenvalue weighted by Gasteiger charge is 2.19. The Morgan fingerprint density at radius 3 is 2.26 bits per heavy atom. The monoisotopic (exact) mass is 363 g/mol. The molecule has 0 saturated heterocycles. The van der Waals surface area contributed by atoms with Crippen LogP contribution in [0.3, 0.4) is 0 Å². The smallest absolute Gasteiger partial charge is 0.276 e. The Labute approximate surface area is 156 Å². The van der Waals surface area contributed by atoms with Crippen LogP contribution in [-0.4, -0.2) is 23.3 Å². The maximum Gasteiger partial charge on any atom is 0.276 e. The number of hydrogen-bond donors (Lipinski definition) is 1. The molecule has 27 heavy (non-hydrogen) atoms. The minimum atomic E-state index is -0.473. The van der Waals surface area contributed by atoms with Crippen molar-refractivity contribution in [1.82, 2.24) is 4.98 Å². The van der Waals surface area contributed by atoms with Crippen LogP contribution in [-0.2, 0) is 0 Å². The summed E-state index contributed by atoms with van der Waals surface area (Å²) in [5.41, 5.74) is 1.48. The number of pyridine rings is 1. The van der Waals surface area contributed by atoms with E-state index in [4.69, 9.17) is 0 Å². The average molecular weight is 363 g/mol. The zero-order valence-electron chi connectivity index (χ0n) is 14.7. The van der Waals surface area contributed by atoms with Crippen LogP contribution in [0.2, 0.25) is 0 Å². The Morgan fingerprint density at radius 1 is 0.926 bits per heavy atom. The maximum absolute atomic E-state index is 13.0. The molecule has 3 rings (SSSR count). The summed E-state index contributed by atoms with van der Waals surface area (Å²) in [7, 11) is 0. The molecule has 0 radical (unpaired) electrons. The molecule has 0 spiro atoms. The number of anilines is 2. The van der Waals surface area contributed by atoms with Crippen LogP contribution >= 0.6 is 0 Å². The second-order valence-corrected chi connectivity index (χ2v) is 5.75. The predicted octanol–water partition coefficient (Wildman–Crippen LogP) is 4.14. The van der Waals surface area contributed by atoms with E-state index in [9.17, 15) is 14.0 Å². The van der Waals surface area contributed by atoms with Crippen molar-refractivity contribution in [2.75, 3.05) is 16.8 Å². The summed E-state index contributed by atoms with van der Waals surface area (Å²) in [5, 5.41) is 2.63. The van der Waals surface area contributed by atoms with Gasteiger partial charge in [-0.25, -0.2) is 9.37 Å². The molecule has 0 aliphatic carbocycles. The maximum atomic E-state index is 13.0. The Kier molecular flexibility index (Phi) is 5.56. The lowest BCUT2D eigenvalue weighted by molar-refractivity contribution is 0.0983. The Hall–Kier alpha value is -3.54. The molecule has 0 bridgehead atoms. The van der Waals surface area contributed by atoms with Gasteiger partial charge in [-0.1, -0.05) is 24.3 Å². The molecule has 1 aromatic heterocycles. The summed E-state index contributed by atoms with van der Waals surface area (Å²) in [6.07, 6.45) is 0. The molecule has 3 aromatic rings. The van der Waals surface area contributed by atoms with Gasteiger partial charge >= 0.3 is 0 Å². The van der Waals surface area contributed by atoms with E-state index in [0.29, 0.717) is 12.2 Å². The van der Waals surface area contributed by atoms with Gasteiger partial charge in [-0.2, -0.15) is 0 Å². The van der Waals surface area contributed by atoms with Crippen LogP contribution in [0, 0.1) is 5.82 Å². The lowest BCUT2D eigenvalue weighted by Crippen LogP contribution is -2.31. The van der Waals surface area contributed by atoms with E-state index >= 15 is 0 Å². The van der Waals surface area contributed by atoms with Gasteiger partial charge in [0.25, 0.3) is 11.8 Å². The van der Waals surface area contributed by atoms with Crippen molar-refractivity contribution in [1.29, 1.82) is 0 Å². The standard InChI is InChI=1S/C21H18FN3O2/c1-2-25(17-7-4-3-5-8-17)21(27)19-10-6-9-18(24-19)20(26)23-16-13-11-15(22)12-14-16/h3-14H,2H2,1H3,(H,23,26). The summed E-state index contributed by atoms with van der Waals surface area (Å²) in [5.74, 6) is -1.15. The van der Waals surface area contributed by atoms with Crippen LogP contribution in [0.25, 0.3) is 0 Å². The van der Waals surface area contributed by atoms with Gasteiger partial charge in [0.15, 0.2) is 0 Å². The average Bonchev–Trinajstić information content (AvgIpc) is 2.71. The number of nitrogens with zero attached hydrogens (tertiary/aromatic N) is 2. The highest BCUT2D eigenvalue weighted by Crippen LogP contribution is 2.16. The lowest BCUT2D eigenvalue weighted by Gasteiger charge is -2.20. The third-order valence-electron chi connectivity index (χ3n) is 3.93. The summed E-state index contributed by atoms with van der Waals surface area (Å²) in [4.78, 5) is 31.0. The molecule has 2 amide bonds. The first kappa shape index (κ1) is 18.3. The van der Waals surface area contributed by atoms with Crippen LogP contribution in [0.5, 0.6) is 0 Å². The van der Waals surface area contributed by atoms with Gasteiger partial charge in [-0.15, -0.1) is 0 Å². The number of amides is 2. The lowest BCUT2D eigenvalue weighted by atomic mass is 10.2. The van der Waals surface area contributed by atoms with Crippen LogP contribution in [0.1, 0.15) is 27.9 Å². The highest BCUT2D eigenvalue weighted by molar-refractivity contribution is 6.07. The zero-order valence-corrected chi connectivity index (χ0v) is 14.7. The van der Waals surface area contributed by atoms with Crippen molar-refractivity contribution in [3.05, 3.63) is 90.0 Å². The summed E-state index contributed by atoms with van der Waals surface area (Å²) in [6, 6.07) is 19.4. The van der Waals surface area contributed by atoms with Gasteiger partial charge in [-0.3, -0.25) is 9.59 Å². The number of nitrogens with one attached hydrogen (secondary N) is 1. The fourth-order valence-electron chi connectivity index (χ4n) is 2.60. The topological polar surface area (TPSA) is 62.3 Å². The van der Waals surface area contributed by atoms with Crippen molar-refractivity contribution in [3.63, 3.8) is 0 Å². The second-order valence-electron chi connectivity index (χ2n) is 5.75. The molecule has 0 aliphatic rings. The first-order valence-electron chi connectivity index (χ1n) is 8.49. The quantitative estimate of drug-likeness (QED) is 0.741. The van der Waals surface area contributed by atoms with Crippen molar-refractivity contribution in [3.8, 4) is 0 Å². The molecule has 6 heteroatoms. The third-order valence-corrected chi connectivity index (χ3v) is 3.93. The molecule has 0 fully saturated rings.